The first-order chi connectivity index (χ1) is 12.4. The molecule has 0 saturated carbocycles. The summed E-state index contributed by atoms with van der Waals surface area (Å²) >= 11 is 5.80. The molecular formula is C18H17ClN2O5. The maximum absolute atomic E-state index is 12.3. The Bertz CT molecular complexity index is 855. The normalized spacial score (nSPS) is 13.6. The highest BCUT2D eigenvalue weighted by Crippen LogP contribution is 2.32. The Morgan fingerprint density at radius 2 is 1.88 bits per heavy atom. The Morgan fingerprint density at radius 3 is 2.62 bits per heavy atom. The van der Waals surface area contributed by atoms with Crippen LogP contribution in [0.1, 0.15) is 17.3 Å². The monoisotopic (exact) mass is 376 g/mol. The molecule has 0 aromatic heterocycles. The summed E-state index contributed by atoms with van der Waals surface area (Å²) in [6.07, 6.45) is -1.02. The Balaban J connectivity index is 1.63. The van der Waals surface area contributed by atoms with Gasteiger partial charge in [0.15, 0.2) is 17.6 Å². The van der Waals surface area contributed by atoms with Crippen molar-refractivity contribution in [2.75, 3.05) is 24.3 Å². The number of fused-ring (bicyclic) bond motifs is 1. The first kappa shape index (κ1) is 17.9. The van der Waals surface area contributed by atoms with E-state index in [-0.39, 0.29) is 11.3 Å². The molecule has 0 saturated heterocycles. The van der Waals surface area contributed by atoms with Crippen molar-refractivity contribution in [2.45, 2.75) is 13.0 Å². The number of benzene rings is 2. The molecule has 3 N–H and O–H groups in total. The van der Waals surface area contributed by atoms with E-state index in [4.69, 9.17) is 31.5 Å². The van der Waals surface area contributed by atoms with Crippen molar-refractivity contribution in [2.24, 2.45) is 0 Å². The highest BCUT2D eigenvalue weighted by molar-refractivity contribution is 6.31. The maximum Gasteiger partial charge on any atom is 0.341 e. The van der Waals surface area contributed by atoms with Gasteiger partial charge < -0.3 is 25.3 Å². The molecule has 0 fully saturated rings. The number of ether oxygens (including phenoxy) is 3. The molecule has 0 bridgehead atoms. The second-order valence-corrected chi connectivity index (χ2v) is 6.06. The quantitative estimate of drug-likeness (QED) is 0.628. The number of carbonyl (C=O) groups is 2. The molecule has 26 heavy (non-hydrogen) atoms. The van der Waals surface area contributed by atoms with Gasteiger partial charge in [0, 0.05) is 22.5 Å². The number of hydrogen-bond donors (Lipinski definition) is 2. The van der Waals surface area contributed by atoms with Gasteiger partial charge in [-0.15, -0.1) is 0 Å². The predicted molar refractivity (Wildman–Crippen MR) is 96.8 cm³/mol. The number of rotatable bonds is 4. The first-order valence-corrected chi connectivity index (χ1v) is 8.28. The van der Waals surface area contributed by atoms with Gasteiger partial charge in [-0.2, -0.15) is 0 Å². The van der Waals surface area contributed by atoms with Gasteiger partial charge in [-0.05, 0) is 37.3 Å². The van der Waals surface area contributed by atoms with Crippen molar-refractivity contribution in [1.82, 2.24) is 0 Å². The van der Waals surface area contributed by atoms with Crippen LogP contribution in [0.15, 0.2) is 36.4 Å². The molecule has 0 radical (unpaired) electrons. The number of nitrogens with one attached hydrogen (secondary N) is 1. The van der Waals surface area contributed by atoms with Crippen LogP contribution in [0.5, 0.6) is 11.5 Å². The molecule has 1 aliphatic heterocycles. The molecule has 1 aliphatic rings. The Hall–Kier alpha value is -2.93. The van der Waals surface area contributed by atoms with Gasteiger partial charge in [0.2, 0.25) is 0 Å². The minimum absolute atomic E-state index is 0.147. The maximum atomic E-state index is 12.3. The van der Waals surface area contributed by atoms with Crippen LogP contribution in [0.4, 0.5) is 11.4 Å². The van der Waals surface area contributed by atoms with Gasteiger partial charge >= 0.3 is 5.97 Å². The number of hydrogen-bond acceptors (Lipinski definition) is 6. The molecule has 2 aromatic carbocycles. The molecule has 8 heteroatoms. The van der Waals surface area contributed by atoms with Crippen LogP contribution < -0.4 is 20.5 Å². The summed E-state index contributed by atoms with van der Waals surface area (Å²) in [6.45, 7) is 2.40. The summed E-state index contributed by atoms with van der Waals surface area (Å²) in [5.41, 5.74) is 6.59. The largest absolute Gasteiger partial charge is 0.486 e. The van der Waals surface area contributed by atoms with E-state index in [2.05, 4.69) is 5.32 Å². The summed E-state index contributed by atoms with van der Waals surface area (Å²) in [4.78, 5) is 24.4. The lowest BCUT2D eigenvalue weighted by Gasteiger charge is -2.19. The molecule has 136 valence electrons. The topological polar surface area (TPSA) is 99.9 Å². The highest BCUT2D eigenvalue weighted by atomic mass is 35.5. The van der Waals surface area contributed by atoms with Gasteiger partial charge in [0.1, 0.15) is 13.2 Å². The fourth-order valence-electron chi connectivity index (χ4n) is 2.36. The molecule has 1 atom stereocenters. The van der Waals surface area contributed by atoms with Crippen molar-refractivity contribution in [3.8, 4) is 11.5 Å². The molecule has 2 aromatic rings. The average Bonchev–Trinajstić information content (AvgIpc) is 2.61. The summed E-state index contributed by atoms with van der Waals surface area (Å²) in [6, 6.07) is 9.45. The minimum atomic E-state index is -1.02. The first-order valence-electron chi connectivity index (χ1n) is 7.90. The molecule has 0 aliphatic carbocycles. The number of nitrogens with two attached hydrogens (primary N) is 1. The van der Waals surface area contributed by atoms with Crippen molar-refractivity contribution >= 4 is 34.9 Å². The summed E-state index contributed by atoms with van der Waals surface area (Å²) in [7, 11) is 0. The van der Waals surface area contributed by atoms with Crippen LogP contribution in [0.25, 0.3) is 0 Å². The van der Waals surface area contributed by atoms with Crippen molar-refractivity contribution in [3.05, 3.63) is 47.0 Å². The van der Waals surface area contributed by atoms with Gasteiger partial charge in [0.05, 0.1) is 5.56 Å². The van der Waals surface area contributed by atoms with E-state index in [0.717, 1.165) is 0 Å². The third-order valence-corrected chi connectivity index (χ3v) is 3.93. The van der Waals surface area contributed by atoms with E-state index in [1.54, 1.807) is 18.2 Å². The van der Waals surface area contributed by atoms with Crippen LogP contribution in [0.2, 0.25) is 5.02 Å². The van der Waals surface area contributed by atoms with E-state index in [1.165, 1.54) is 25.1 Å². The fraction of sp³-hybridized carbons (Fsp3) is 0.222. The second kappa shape index (κ2) is 7.53. The van der Waals surface area contributed by atoms with E-state index in [1.807, 2.05) is 0 Å². The van der Waals surface area contributed by atoms with Crippen molar-refractivity contribution in [3.63, 3.8) is 0 Å². The zero-order valence-corrected chi connectivity index (χ0v) is 14.7. The number of nitrogen functional groups attached to an aromatic ring is 1. The number of halogens is 1. The van der Waals surface area contributed by atoms with E-state index < -0.39 is 18.0 Å². The smallest absolute Gasteiger partial charge is 0.341 e. The highest BCUT2D eigenvalue weighted by Gasteiger charge is 2.21. The zero-order chi connectivity index (χ0) is 18.7. The average molecular weight is 377 g/mol. The molecule has 7 nitrogen and oxygen atoms in total. The van der Waals surface area contributed by atoms with E-state index >= 15 is 0 Å². The van der Waals surface area contributed by atoms with Gasteiger partial charge in [0.25, 0.3) is 5.91 Å². The lowest BCUT2D eigenvalue weighted by atomic mass is 10.2. The van der Waals surface area contributed by atoms with Gasteiger partial charge in [-0.3, -0.25) is 4.79 Å². The standard InChI is InChI=1S/C18H17ClN2O5/c1-10(26-18(23)13-4-2-11(19)8-14(13)20)17(22)21-12-3-5-15-16(9-12)25-7-6-24-15/h2-5,8-10H,6-7,20H2,1H3,(H,21,22)/t10-/m0/s1. The lowest BCUT2D eigenvalue weighted by molar-refractivity contribution is -0.123. The van der Waals surface area contributed by atoms with Crippen LogP contribution in [0.3, 0.4) is 0 Å². The summed E-state index contributed by atoms with van der Waals surface area (Å²) in [5.74, 6) is -0.0221. The minimum Gasteiger partial charge on any atom is -0.486 e. The van der Waals surface area contributed by atoms with Crippen molar-refractivity contribution in [1.29, 1.82) is 0 Å². The number of carbonyl (C=O) groups excluding carboxylic acids is 2. The third kappa shape index (κ3) is 4.00. The van der Waals surface area contributed by atoms with Crippen LogP contribution in [-0.4, -0.2) is 31.2 Å². The van der Waals surface area contributed by atoms with Crippen LogP contribution >= 0.6 is 11.6 Å². The predicted octanol–water partition coefficient (Wildman–Crippen LogP) is 2.88. The van der Waals surface area contributed by atoms with E-state index in [0.29, 0.717) is 35.4 Å². The lowest BCUT2D eigenvalue weighted by Crippen LogP contribution is -2.30. The number of amides is 1. The van der Waals surface area contributed by atoms with Gasteiger partial charge in [-0.25, -0.2) is 4.79 Å². The van der Waals surface area contributed by atoms with E-state index in [9.17, 15) is 9.59 Å². The van der Waals surface area contributed by atoms with Crippen LogP contribution in [0, 0.1) is 0 Å². The number of esters is 1. The fourth-order valence-corrected chi connectivity index (χ4v) is 2.54. The zero-order valence-electron chi connectivity index (χ0n) is 14.0. The number of anilines is 2. The third-order valence-electron chi connectivity index (χ3n) is 3.70. The molecule has 1 amide bonds. The Labute approximate surface area is 155 Å². The van der Waals surface area contributed by atoms with Crippen molar-refractivity contribution < 1.29 is 23.8 Å². The molecule has 3 rings (SSSR count). The second-order valence-electron chi connectivity index (χ2n) is 5.63. The van der Waals surface area contributed by atoms with Crippen LogP contribution in [-0.2, 0) is 9.53 Å². The molecular weight excluding hydrogens is 360 g/mol. The SMILES string of the molecule is C[C@H](OC(=O)c1ccc(Cl)cc1N)C(=O)Nc1ccc2c(c1)OCCO2. The summed E-state index contributed by atoms with van der Waals surface area (Å²) in [5, 5.41) is 3.07. The molecule has 1 heterocycles. The Morgan fingerprint density at radius 1 is 1.15 bits per heavy atom. The summed E-state index contributed by atoms with van der Waals surface area (Å²) < 4.78 is 16.1. The molecule has 0 spiro atoms. The molecule has 0 unspecified atom stereocenters. The van der Waals surface area contributed by atoms with Gasteiger partial charge in [-0.1, -0.05) is 11.6 Å². The Kier molecular flexibility index (Phi) is 5.18.